The van der Waals surface area contributed by atoms with Gasteiger partial charge in [0.15, 0.2) is 0 Å². The average Bonchev–Trinajstić information content (AvgIpc) is 3.66. The summed E-state index contributed by atoms with van der Waals surface area (Å²) >= 11 is 1.97. The molecule has 0 aliphatic heterocycles. The number of nitrogens with one attached hydrogen (secondary N) is 1. The van der Waals surface area contributed by atoms with Crippen LogP contribution in [0.15, 0.2) is 72.8 Å². The topological polar surface area (TPSA) is 143 Å². The highest BCUT2D eigenvalue weighted by atomic mass is 32.1. The Morgan fingerprint density at radius 2 is 1.00 bits per heavy atom. The molecule has 0 saturated carbocycles. The van der Waals surface area contributed by atoms with Crippen LogP contribution < -0.4 is 20.5 Å². The molecule has 244 valence electrons. The number of alkyl halides is 6. The van der Waals surface area contributed by atoms with Crippen LogP contribution in [0.25, 0.3) is 41.8 Å². The summed E-state index contributed by atoms with van der Waals surface area (Å²) in [6, 6.07) is 15.8. The van der Waals surface area contributed by atoms with Crippen LogP contribution in [-0.4, -0.2) is 29.6 Å². The van der Waals surface area contributed by atoms with Crippen LogP contribution in [0.5, 0.6) is 11.5 Å². The van der Waals surface area contributed by atoms with Gasteiger partial charge in [0.05, 0.1) is 21.2 Å². The molecule has 0 radical (unpaired) electrons. The van der Waals surface area contributed by atoms with Crippen molar-refractivity contribution < 1.29 is 45.7 Å². The molecular formula is C29H18F6N4O6S2. The molecule has 18 heteroatoms. The summed E-state index contributed by atoms with van der Waals surface area (Å²) in [5.41, 5.74) is 5.07. The number of halogens is 6. The second-order valence-electron chi connectivity index (χ2n) is 9.47. The number of nitrogens with zero attached hydrogens (tertiary/aromatic N) is 2. The number of nitro groups is 2. The summed E-state index contributed by atoms with van der Waals surface area (Å²) in [4.78, 5) is 24.5. The molecule has 0 spiro atoms. The number of anilines is 2. The second kappa shape index (κ2) is 12.4. The van der Waals surface area contributed by atoms with Crippen molar-refractivity contribution in [3.05, 3.63) is 93.0 Å². The number of thiophene rings is 2. The first-order valence-corrected chi connectivity index (χ1v) is 14.6. The standard InChI is InChI=1S/C29H18F6N4O6S2/c1-37-25-23(21-13-11-19(47-21)15-4-8-17(9-5-15)45-29(33,34)35)27(39(42)43)26(38(40)41)22(24(25)36)20-12-10-18(46-20)14-2-6-16(7-3-14)44-28(30,31)32/h2-13,37H,36H2,1H3. The first kappa shape index (κ1) is 33.0. The molecule has 47 heavy (non-hydrogen) atoms. The number of nitrogens with two attached hydrogens (primary N) is 1. The number of ether oxygens (including phenoxy) is 2. The largest absolute Gasteiger partial charge is 0.573 e. The third-order valence-corrected chi connectivity index (χ3v) is 8.85. The van der Waals surface area contributed by atoms with Crippen molar-refractivity contribution in [2.24, 2.45) is 0 Å². The Hall–Kier alpha value is -5.36. The number of hydrogen-bond donors (Lipinski definition) is 2. The van der Waals surface area contributed by atoms with Gasteiger partial charge in [-0.1, -0.05) is 0 Å². The van der Waals surface area contributed by atoms with Crippen LogP contribution in [0, 0.1) is 20.2 Å². The Morgan fingerprint density at radius 3 is 1.36 bits per heavy atom. The molecule has 0 saturated heterocycles. The fourth-order valence-corrected chi connectivity index (χ4v) is 6.88. The number of nitrogen functional groups attached to an aromatic ring is 1. The van der Waals surface area contributed by atoms with Gasteiger partial charge >= 0.3 is 24.1 Å². The summed E-state index contributed by atoms with van der Waals surface area (Å²) in [6.45, 7) is 0. The van der Waals surface area contributed by atoms with E-state index in [0.717, 1.165) is 46.9 Å². The maximum absolute atomic E-state index is 12.6. The van der Waals surface area contributed by atoms with Crippen LogP contribution in [-0.2, 0) is 0 Å². The maximum Gasteiger partial charge on any atom is 0.573 e. The Labute approximate surface area is 267 Å². The zero-order valence-corrected chi connectivity index (χ0v) is 25.1. The molecule has 0 bridgehead atoms. The van der Waals surface area contributed by atoms with Crippen molar-refractivity contribution >= 4 is 45.4 Å². The fraction of sp³-hybridized carbons (Fsp3) is 0.103. The van der Waals surface area contributed by atoms with E-state index < -0.39 is 45.4 Å². The molecule has 10 nitrogen and oxygen atoms in total. The molecule has 3 aromatic carbocycles. The van der Waals surface area contributed by atoms with Crippen LogP contribution >= 0.6 is 22.7 Å². The molecule has 2 heterocycles. The van der Waals surface area contributed by atoms with E-state index in [1.54, 1.807) is 6.07 Å². The molecule has 0 unspecified atom stereocenters. The Morgan fingerprint density at radius 1 is 0.638 bits per heavy atom. The summed E-state index contributed by atoms with van der Waals surface area (Å²) in [5.74, 6) is -0.902. The second-order valence-corrected chi connectivity index (χ2v) is 11.6. The van der Waals surface area contributed by atoms with Gasteiger partial charge in [0.25, 0.3) is 0 Å². The molecule has 3 N–H and O–H groups in total. The third-order valence-electron chi connectivity index (χ3n) is 6.55. The smallest absolute Gasteiger partial charge is 0.406 e. The lowest BCUT2D eigenvalue weighted by atomic mass is 9.98. The SMILES string of the molecule is CNc1c(N)c(-c2ccc(-c3ccc(OC(F)(F)F)cc3)s2)c([N+](=O)[O-])c([N+](=O)[O-])c1-c1ccc(-c2ccc(OC(F)(F)F)cc2)s1. The Kier molecular flexibility index (Phi) is 8.74. The minimum atomic E-state index is -4.88. The highest BCUT2D eigenvalue weighted by Gasteiger charge is 2.40. The minimum absolute atomic E-state index is 0.0169. The van der Waals surface area contributed by atoms with Crippen molar-refractivity contribution in [2.45, 2.75) is 12.7 Å². The van der Waals surface area contributed by atoms with E-state index in [2.05, 4.69) is 14.8 Å². The van der Waals surface area contributed by atoms with Crippen molar-refractivity contribution in [2.75, 3.05) is 18.1 Å². The molecule has 0 aliphatic rings. The predicted octanol–water partition coefficient (Wildman–Crippen LogP) is 9.72. The lowest BCUT2D eigenvalue weighted by molar-refractivity contribution is -0.421. The van der Waals surface area contributed by atoms with Gasteiger partial charge in [-0.25, -0.2) is 0 Å². The van der Waals surface area contributed by atoms with Gasteiger partial charge in [-0.2, -0.15) is 0 Å². The van der Waals surface area contributed by atoms with Gasteiger partial charge < -0.3 is 20.5 Å². The van der Waals surface area contributed by atoms with E-state index >= 15 is 0 Å². The van der Waals surface area contributed by atoms with Crippen molar-refractivity contribution in [3.8, 4) is 53.3 Å². The Balaban J connectivity index is 1.60. The lowest BCUT2D eigenvalue weighted by Gasteiger charge is -2.15. The van der Waals surface area contributed by atoms with Crippen LogP contribution in [0.2, 0.25) is 0 Å². The van der Waals surface area contributed by atoms with E-state index in [1.165, 1.54) is 49.5 Å². The summed E-state index contributed by atoms with van der Waals surface area (Å²) < 4.78 is 83.1. The highest BCUT2D eigenvalue weighted by Crippen LogP contribution is 2.55. The quantitative estimate of drug-likeness (QED) is 0.0671. The van der Waals surface area contributed by atoms with Crippen molar-refractivity contribution in [1.82, 2.24) is 0 Å². The van der Waals surface area contributed by atoms with Crippen molar-refractivity contribution in [3.63, 3.8) is 0 Å². The molecule has 0 fully saturated rings. The van der Waals surface area contributed by atoms with Crippen LogP contribution in [0.3, 0.4) is 0 Å². The zero-order valence-electron chi connectivity index (χ0n) is 23.4. The zero-order chi connectivity index (χ0) is 34.3. The summed E-state index contributed by atoms with van der Waals surface area (Å²) in [5, 5.41) is 27.8. The summed E-state index contributed by atoms with van der Waals surface area (Å²) in [7, 11) is 1.42. The molecule has 0 amide bonds. The number of hydrogen-bond acceptors (Lipinski definition) is 10. The van der Waals surface area contributed by atoms with Gasteiger partial charge in [0.2, 0.25) is 0 Å². The number of rotatable bonds is 9. The van der Waals surface area contributed by atoms with E-state index in [9.17, 15) is 46.6 Å². The monoisotopic (exact) mass is 696 g/mol. The average molecular weight is 697 g/mol. The van der Waals surface area contributed by atoms with Gasteiger partial charge in [0, 0.05) is 26.6 Å². The first-order valence-electron chi connectivity index (χ1n) is 12.9. The van der Waals surface area contributed by atoms with Crippen molar-refractivity contribution in [1.29, 1.82) is 0 Å². The predicted molar refractivity (Wildman–Crippen MR) is 165 cm³/mol. The highest BCUT2D eigenvalue weighted by molar-refractivity contribution is 7.19. The maximum atomic E-state index is 12.6. The van der Waals surface area contributed by atoms with Crippen LogP contribution in [0.1, 0.15) is 0 Å². The van der Waals surface area contributed by atoms with E-state index in [4.69, 9.17) is 5.73 Å². The van der Waals surface area contributed by atoms with Gasteiger partial charge in [-0.3, -0.25) is 20.2 Å². The van der Waals surface area contributed by atoms with Gasteiger partial charge in [0.1, 0.15) is 22.6 Å². The normalized spacial score (nSPS) is 11.7. The van der Waals surface area contributed by atoms with Gasteiger partial charge in [-0.05, 0) is 83.9 Å². The van der Waals surface area contributed by atoms with E-state index in [0.29, 0.717) is 20.9 Å². The molecular weight excluding hydrogens is 678 g/mol. The number of nitro benzene ring substituents is 2. The first-order chi connectivity index (χ1) is 22.1. The molecule has 2 aromatic heterocycles. The minimum Gasteiger partial charge on any atom is -0.406 e. The molecule has 0 aliphatic carbocycles. The lowest BCUT2D eigenvalue weighted by Crippen LogP contribution is -2.16. The molecule has 0 atom stereocenters. The van der Waals surface area contributed by atoms with Gasteiger partial charge in [-0.15, -0.1) is 49.0 Å². The number of benzene rings is 3. The Bertz CT molecular complexity index is 1970. The molecule has 5 rings (SSSR count). The van der Waals surface area contributed by atoms with E-state index in [-0.39, 0.29) is 32.3 Å². The molecule has 5 aromatic rings. The third kappa shape index (κ3) is 7.07. The van der Waals surface area contributed by atoms with E-state index in [1.807, 2.05) is 0 Å². The fourth-order valence-electron chi connectivity index (χ4n) is 4.74. The van der Waals surface area contributed by atoms with Crippen LogP contribution in [0.4, 0.5) is 49.1 Å². The summed E-state index contributed by atoms with van der Waals surface area (Å²) in [6.07, 6.45) is -9.77.